The van der Waals surface area contributed by atoms with E-state index in [9.17, 15) is 10.1 Å². The molecule has 1 heterocycles. The maximum Gasteiger partial charge on any atom is 0.314 e. The summed E-state index contributed by atoms with van der Waals surface area (Å²) in [7, 11) is 0. The zero-order valence-corrected chi connectivity index (χ0v) is 11.3. The van der Waals surface area contributed by atoms with E-state index < -0.39 is 4.92 Å². The third-order valence-corrected chi connectivity index (χ3v) is 3.48. The van der Waals surface area contributed by atoms with Gasteiger partial charge in [0.1, 0.15) is 23.2 Å². The minimum absolute atomic E-state index is 0.0385. The van der Waals surface area contributed by atoms with Crippen LogP contribution in [0, 0.1) is 10.1 Å². The van der Waals surface area contributed by atoms with Gasteiger partial charge in [-0.2, -0.15) is 0 Å². The van der Waals surface area contributed by atoms with E-state index in [1.807, 2.05) is 24.3 Å². The molecule has 1 unspecified atom stereocenters. The second-order valence-electron chi connectivity index (χ2n) is 4.93. The molecule has 2 aromatic carbocycles. The molecule has 1 aliphatic heterocycles. The number of nitrogens with one attached hydrogen (secondary N) is 1. The number of fused-ring (bicyclic) bond motifs is 1. The van der Waals surface area contributed by atoms with Crippen molar-refractivity contribution in [3.63, 3.8) is 0 Å². The van der Waals surface area contributed by atoms with Gasteiger partial charge < -0.3 is 15.8 Å². The smallest absolute Gasteiger partial charge is 0.314 e. The highest BCUT2D eigenvalue weighted by Gasteiger charge is 2.24. The number of nitro groups is 1. The van der Waals surface area contributed by atoms with E-state index in [2.05, 4.69) is 5.32 Å². The lowest BCUT2D eigenvalue weighted by molar-refractivity contribution is -0.383. The molecule has 0 saturated carbocycles. The first kappa shape index (κ1) is 13.2. The lowest BCUT2D eigenvalue weighted by Crippen LogP contribution is -2.24. The van der Waals surface area contributed by atoms with Crippen LogP contribution in [0.25, 0.3) is 0 Å². The number of nitrogen functional groups attached to an aromatic ring is 1. The van der Waals surface area contributed by atoms with Crippen molar-refractivity contribution >= 4 is 17.1 Å². The van der Waals surface area contributed by atoms with Crippen molar-refractivity contribution in [3.05, 3.63) is 58.1 Å². The van der Waals surface area contributed by atoms with Gasteiger partial charge in [0.25, 0.3) is 0 Å². The maximum absolute atomic E-state index is 11.1. The van der Waals surface area contributed by atoms with Crippen LogP contribution in [-0.4, -0.2) is 17.6 Å². The van der Waals surface area contributed by atoms with E-state index in [0.717, 1.165) is 17.7 Å². The van der Waals surface area contributed by atoms with Crippen LogP contribution in [0.15, 0.2) is 42.5 Å². The molecule has 0 aromatic heterocycles. The summed E-state index contributed by atoms with van der Waals surface area (Å²) in [6.07, 6.45) is 0.752. The van der Waals surface area contributed by atoms with Gasteiger partial charge in [0.15, 0.2) is 0 Å². The third kappa shape index (κ3) is 2.60. The lowest BCUT2D eigenvalue weighted by atomic mass is 10.1. The summed E-state index contributed by atoms with van der Waals surface area (Å²) >= 11 is 0. The fraction of sp³-hybridized carbons (Fsp3) is 0.200. The number of benzene rings is 2. The fourth-order valence-corrected chi connectivity index (χ4v) is 2.50. The van der Waals surface area contributed by atoms with E-state index in [1.54, 1.807) is 12.1 Å². The van der Waals surface area contributed by atoms with Crippen molar-refractivity contribution in [1.29, 1.82) is 0 Å². The first-order valence-corrected chi connectivity index (χ1v) is 6.66. The monoisotopic (exact) mass is 285 g/mol. The molecule has 108 valence electrons. The Morgan fingerprint density at radius 3 is 2.86 bits per heavy atom. The third-order valence-electron chi connectivity index (χ3n) is 3.48. The van der Waals surface area contributed by atoms with E-state index >= 15 is 0 Å². The molecule has 3 N–H and O–H groups in total. The molecule has 0 saturated heterocycles. The Morgan fingerprint density at radius 2 is 2.10 bits per heavy atom. The highest BCUT2D eigenvalue weighted by molar-refractivity contribution is 5.74. The largest absolute Gasteiger partial charge is 0.488 e. The molecule has 6 heteroatoms. The van der Waals surface area contributed by atoms with E-state index in [-0.39, 0.29) is 17.5 Å². The number of rotatable bonds is 4. The molecule has 0 radical (unpaired) electrons. The van der Waals surface area contributed by atoms with Crippen molar-refractivity contribution in [2.75, 3.05) is 17.6 Å². The van der Waals surface area contributed by atoms with Gasteiger partial charge in [0.05, 0.1) is 11.5 Å². The minimum Gasteiger partial charge on any atom is -0.488 e. The van der Waals surface area contributed by atoms with Gasteiger partial charge in [0, 0.05) is 6.42 Å². The summed E-state index contributed by atoms with van der Waals surface area (Å²) in [6.45, 7) is 0.485. The molecule has 6 nitrogen and oxygen atoms in total. The topological polar surface area (TPSA) is 90.4 Å². The molecule has 2 aromatic rings. The van der Waals surface area contributed by atoms with E-state index in [0.29, 0.717) is 12.2 Å². The lowest BCUT2D eigenvalue weighted by Gasteiger charge is -2.13. The van der Waals surface area contributed by atoms with Crippen molar-refractivity contribution in [1.82, 2.24) is 0 Å². The summed E-state index contributed by atoms with van der Waals surface area (Å²) < 4.78 is 5.80. The molecule has 1 aliphatic rings. The Hall–Kier alpha value is -2.76. The SMILES string of the molecule is Nc1cccc(NCC2Cc3ccccc3O2)c1[N+](=O)[O-]. The van der Waals surface area contributed by atoms with Crippen LogP contribution in [0.4, 0.5) is 17.1 Å². The number of anilines is 2. The van der Waals surface area contributed by atoms with Gasteiger partial charge >= 0.3 is 5.69 Å². The normalized spacial score (nSPS) is 16.1. The van der Waals surface area contributed by atoms with Crippen LogP contribution < -0.4 is 15.8 Å². The Morgan fingerprint density at radius 1 is 1.29 bits per heavy atom. The zero-order valence-electron chi connectivity index (χ0n) is 11.3. The molecule has 0 aliphatic carbocycles. The molecule has 1 atom stereocenters. The Labute approximate surface area is 121 Å². The number of para-hydroxylation sites is 2. The molecule has 21 heavy (non-hydrogen) atoms. The van der Waals surface area contributed by atoms with Crippen LogP contribution in [-0.2, 0) is 6.42 Å². The van der Waals surface area contributed by atoms with Gasteiger partial charge in [-0.25, -0.2) is 0 Å². The second kappa shape index (κ2) is 5.32. The molecule has 0 spiro atoms. The molecule has 0 bridgehead atoms. The van der Waals surface area contributed by atoms with Crippen LogP contribution in [0.1, 0.15) is 5.56 Å². The number of nitro benzene ring substituents is 1. The second-order valence-corrected chi connectivity index (χ2v) is 4.93. The average Bonchev–Trinajstić information content (AvgIpc) is 2.87. The minimum atomic E-state index is -0.470. The van der Waals surface area contributed by atoms with Gasteiger partial charge in [-0.1, -0.05) is 24.3 Å². The standard InChI is InChI=1S/C15H15N3O3/c16-12-5-3-6-13(15(12)18(19)20)17-9-11-8-10-4-1-2-7-14(10)21-11/h1-7,11,17H,8-9,16H2. The number of ether oxygens (including phenoxy) is 1. The predicted molar refractivity (Wildman–Crippen MR) is 80.6 cm³/mol. The summed E-state index contributed by atoms with van der Waals surface area (Å²) in [4.78, 5) is 10.6. The number of nitrogens with two attached hydrogens (primary N) is 1. The first-order valence-electron chi connectivity index (χ1n) is 6.66. The maximum atomic E-state index is 11.1. The van der Waals surface area contributed by atoms with Crippen molar-refractivity contribution in [2.24, 2.45) is 0 Å². The highest BCUT2D eigenvalue weighted by Crippen LogP contribution is 2.32. The number of hydrogen-bond acceptors (Lipinski definition) is 5. The molecular formula is C15H15N3O3. The van der Waals surface area contributed by atoms with Crippen molar-refractivity contribution in [3.8, 4) is 5.75 Å². The highest BCUT2D eigenvalue weighted by atomic mass is 16.6. The van der Waals surface area contributed by atoms with Crippen LogP contribution >= 0.6 is 0 Å². The average molecular weight is 285 g/mol. The van der Waals surface area contributed by atoms with Gasteiger partial charge in [-0.3, -0.25) is 10.1 Å². The van der Waals surface area contributed by atoms with E-state index in [4.69, 9.17) is 10.5 Å². The summed E-state index contributed by atoms with van der Waals surface area (Å²) in [5, 5.41) is 14.1. The van der Waals surface area contributed by atoms with Gasteiger partial charge in [0.2, 0.25) is 0 Å². The van der Waals surface area contributed by atoms with Crippen LogP contribution in [0.5, 0.6) is 5.75 Å². The number of hydrogen-bond donors (Lipinski definition) is 2. The van der Waals surface area contributed by atoms with Crippen molar-refractivity contribution in [2.45, 2.75) is 12.5 Å². The Balaban J connectivity index is 1.70. The van der Waals surface area contributed by atoms with Crippen molar-refractivity contribution < 1.29 is 9.66 Å². The molecule has 0 amide bonds. The molecule has 3 rings (SSSR count). The Kier molecular flexibility index (Phi) is 3.35. The quantitative estimate of drug-likeness (QED) is 0.512. The predicted octanol–water partition coefficient (Wildman–Crippen LogP) is 2.59. The van der Waals surface area contributed by atoms with Crippen LogP contribution in [0.2, 0.25) is 0 Å². The first-order chi connectivity index (χ1) is 10.1. The summed E-state index contributed by atoms with van der Waals surface area (Å²) in [5.74, 6) is 0.881. The van der Waals surface area contributed by atoms with Gasteiger partial charge in [-0.15, -0.1) is 0 Å². The van der Waals surface area contributed by atoms with E-state index in [1.165, 1.54) is 6.07 Å². The number of nitrogens with zero attached hydrogens (tertiary/aromatic N) is 1. The zero-order chi connectivity index (χ0) is 14.8. The fourth-order valence-electron chi connectivity index (χ4n) is 2.50. The van der Waals surface area contributed by atoms with Crippen LogP contribution in [0.3, 0.4) is 0 Å². The summed E-state index contributed by atoms with van der Waals surface area (Å²) in [6, 6.07) is 12.7. The molecule has 0 fully saturated rings. The van der Waals surface area contributed by atoms with Gasteiger partial charge in [-0.05, 0) is 23.8 Å². The Bertz CT molecular complexity index is 663. The summed E-state index contributed by atoms with van der Waals surface area (Å²) in [5.41, 5.74) is 7.30. The molecular weight excluding hydrogens is 270 g/mol.